The van der Waals surface area contributed by atoms with Gasteiger partial charge in [-0.05, 0) is 45.0 Å². The maximum Gasteiger partial charge on any atom is 0.0947 e. The molecule has 0 amide bonds. The van der Waals surface area contributed by atoms with E-state index in [0.29, 0.717) is 0 Å². The Labute approximate surface area is 122 Å². The van der Waals surface area contributed by atoms with Crippen molar-refractivity contribution in [1.29, 1.82) is 0 Å². The lowest BCUT2D eigenvalue weighted by molar-refractivity contribution is 0.162. The summed E-state index contributed by atoms with van der Waals surface area (Å²) < 4.78 is 5.07. The van der Waals surface area contributed by atoms with E-state index in [0.717, 1.165) is 19.1 Å². The van der Waals surface area contributed by atoms with Gasteiger partial charge in [-0.3, -0.25) is 4.90 Å². The lowest BCUT2D eigenvalue weighted by Gasteiger charge is -2.32. The zero-order chi connectivity index (χ0) is 13.6. The van der Waals surface area contributed by atoms with Gasteiger partial charge in [-0.25, -0.2) is 0 Å². The van der Waals surface area contributed by atoms with Crippen LogP contribution in [-0.2, 0) is 6.54 Å². The number of hydrogen-bond acceptors (Lipinski definition) is 4. The summed E-state index contributed by atoms with van der Waals surface area (Å²) in [6.45, 7) is 8.36. The molecule has 1 unspecified atom stereocenters. The smallest absolute Gasteiger partial charge is 0.0947 e. The standard InChI is InChI=1S/C16H27N3O/c1-2-7-19(8-3-1)16-4-9-18(13-16)10-6-17-12-15-5-11-20-14-15/h5,11,14,16-17H,1-4,6-10,12-13H2. The second kappa shape index (κ2) is 7.25. The maximum absolute atomic E-state index is 5.07. The number of hydrogen-bond donors (Lipinski definition) is 1. The largest absolute Gasteiger partial charge is 0.472 e. The molecule has 1 aromatic rings. The normalized spacial score (nSPS) is 25.3. The lowest BCUT2D eigenvalue weighted by Crippen LogP contribution is -2.41. The molecule has 2 fully saturated rings. The Hall–Kier alpha value is -0.840. The Bertz CT molecular complexity index is 373. The number of nitrogens with one attached hydrogen (secondary N) is 1. The van der Waals surface area contributed by atoms with E-state index in [4.69, 9.17) is 4.42 Å². The predicted octanol–water partition coefficient (Wildman–Crippen LogP) is 1.93. The number of furan rings is 1. The zero-order valence-corrected chi connectivity index (χ0v) is 12.4. The van der Waals surface area contributed by atoms with Crippen LogP contribution in [0.1, 0.15) is 31.2 Å². The average Bonchev–Trinajstić information content (AvgIpc) is 3.16. The van der Waals surface area contributed by atoms with Crippen molar-refractivity contribution in [2.24, 2.45) is 0 Å². The molecule has 0 bridgehead atoms. The van der Waals surface area contributed by atoms with E-state index in [9.17, 15) is 0 Å². The van der Waals surface area contributed by atoms with Crippen LogP contribution in [0.3, 0.4) is 0 Å². The molecule has 1 aromatic heterocycles. The second-order valence-corrected chi connectivity index (χ2v) is 6.15. The Kier molecular flexibility index (Phi) is 5.12. The minimum Gasteiger partial charge on any atom is -0.472 e. The summed E-state index contributed by atoms with van der Waals surface area (Å²) in [5.74, 6) is 0. The molecule has 0 aromatic carbocycles. The van der Waals surface area contributed by atoms with E-state index in [1.54, 1.807) is 6.26 Å². The van der Waals surface area contributed by atoms with Crippen molar-refractivity contribution in [1.82, 2.24) is 15.1 Å². The van der Waals surface area contributed by atoms with E-state index in [1.807, 2.05) is 12.3 Å². The number of likely N-dealkylation sites (tertiary alicyclic amines) is 2. The summed E-state index contributed by atoms with van der Waals surface area (Å²) in [6.07, 6.45) is 9.16. The van der Waals surface area contributed by atoms with Gasteiger partial charge in [0.2, 0.25) is 0 Å². The molecule has 1 atom stereocenters. The Morgan fingerprint density at radius 2 is 2.10 bits per heavy atom. The van der Waals surface area contributed by atoms with Gasteiger partial charge in [-0.1, -0.05) is 6.42 Å². The van der Waals surface area contributed by atoms with Crippen molar-refractivity contribution in [2.75, 3.05) is 39.3 Å². The average molecular weight is 277 g/mol. The Balaban J connectivity index is 1.31. The molecule has 0 aliphatic carbocycles. The van der Waals surface area contributed by atoms with Crippen LogP contribution in [0.2, 0.25) is 0 Å². The molecule has 0 spiro atoms. The fourth-order valence-electron chi connectivity index (χ4n) is 3.46. The quantitative estimate of drug-likeness (QED) is 0.805. The van der Waals surface area contributed by atoms with Crippen molar-refractivity contribution in [3.05, 3.63) is 24.2 Å². The van der Waals surface area contributed by atoms with Crippen LogP contribution >= 0.6 is 0 Å². The van der Waals surface area contributed by atoms with Crippen molar-refractivity contribution in [2.45, 2.75) is 38.3 Å². The van der Waals surface area contributed by atoms with Crippen LogP contribution in [0.5, 0.6) is 0 Å². The minimum absolute atomic E-state index is 0.823. The molecule has 4 nitrogen and oxygen atoms in total. The monoisotopic (exact) mass is 277 g/mol. The molecule has 3 rings (SSSR count). The van der Waals surface area contributed by atoms with Gasteiger partial charge in [0.1, 0.15) is 0 Å². The maximum atomic E-state index is 5.07. The van der Waals surface area contributed by atoms with Crippen LogP contribution in [0.25, 0.3) is 0 Å². The summed E-state index contributed by atoms with van der Waals surface area (Å²) in [7, 11) is 0. The third-order valence-corrected chi connectivity index (χ3v) is 4.67. The Morgan fingerprint density at radius 3 is 2.90 bits per heavy atom. The van der Waals surface area contributed by atoms with E-state index in [2.05, 4.69) is 15.1 Å². The summed E-state index contributed by atoms with van der Waals surface area (Å²) in [5, 5.41) is 3.49. The number of piperidine rings is 1. The van der Waals surface area contributed by atoms with Gasteiger partial charge in [0.25, 0.3) is 0 Å². The second-order valence-electron chi connectivity index (χ2n) is 6.15. The molecule has 0 radical (unpaired) electrons. The predicted molar refractivity (Wildman–Crippen MR) is 80.7 cm³/mol. The summed E-state index contributed by atoms with van der Waals surface area (Å²) in [4.78, 5) is 5.34. The number of nitrogens with zero attached hydrogens (tertiary/aromatic N) is 2. The van der Waals surface area contributed by atoms with Crippen LogP contribution in [0, 0.1) is 0 Å². The molecule has 2 aliphatic heterocycles. The first-order valence-electron chi connectivity index (χ1n) is 8.10. The third-order valence-electron chi connectivity index (χ3n) is 4.67. The first-order valence-corrected chi connectivity index (χ1v) is 8.10. The highest BCUT2D eigenvalue weighted by atomic mass is 16.3. The lowest BCUT2D eigenvalue weighted by atomic mass is 10.1. The van der Waals surface area contributed by atoms with Crippen molar-refractivity contribution in [3.63, 3.8) is 0 Å². The fourth-order valence-corrected chi connectivity index (χ4v) is 3.46. The van der Waals surface area contributed by atoms with E-state index in [1.165, 1.54) is 64.0 Å². The molecule has 3 heterocycles. The summed E-state index contributed by atoms with van der Waals surface area (Å²) >= 11 is 0. The zero-order valence-electron chi connectivity index (χ0n) is 12.4. The van der Waals surface area contributed by atoms with E-state index < -0.39 is 0 Å². The molecule has 20 heavy (non-hydrogen) atoms. The van der Waals surface area contributed by atoms with Crippen LogP contribution < -0.4 is 5.32 Å². The van der Waals surface area contributed by atoms with Gasteiger partial charge in [-0.15, -0.1) is 0 Å². The van der Waals surface area contributed by atoms with E-state index >= 15 is 0 Å². The van der Waals surface area contributed by atoms with Crippen molar-refractivity contribution < 1.29 is 4.42 Å². The van der Waals surface area contributed by atoms with Crippen molar-refractivity contribution >= 4 is 0 Å². The van der Waals surface area contributed by atoms with Gasteiger partial charge in [0.05, 0.1) is 12.5 Å². The van der Waals surface area contributed by atoms with E-state index in [-0.39, 0.29) is 0 Å². The SMILES string of the molecule is c1cc(CNCCN2CCC(N3CCCCC3)C2)co1. The molecule has 0 saturated carbocycles. The van der Waals surface area contributed by atoms with Crippen molar-refractivity contribution in [3.8, 4) is 0 Å². The Morgan fingerprint density at radius 1 is 1.20 bits per heavy atom. The fraction of sp³-hybridized carbons (Fsp3) is 0.750. The van der Waals surface area contributed by atoms with Gasteiger partial charge < -0.3 is 14.6 Å². The number of rotatable bonds is 6. The highest BCUT2D eigenvalue weighted by Crippen LogP contribution is 2.19. The van der Waals surface area contributed by atoms with Gasteiger partial charge in [-0.2, -0.15) is 0 Å². The molecule has 2 aliphatic rings. The van der Waals surface area contributed by atoms with Gasteiger partial charge >= 0.3 is 0 Å². The first kappa shape index (κ1) is 14.1. The summed E-state index contributed by atoms with van der Waals surface area (Å²) in [6, 6.07) is 2.85. The topological polar surface area (TPSA) is 31.6 Å². The molecule has 1 N–H and O–H groups in total. The highest BCUT2D eigenvalue weighted by molar-refractivity contribution is 5.04. The molecule has 2 saturated heterocycles. The minimum atomic E-state index is 0.823. The molecule has 4 heteroatoms. The first-order chi connectivity index (χ1) is 9.92. The van der Waals surface area contributed by atoms with Gasteiger partial charge in [0, 0.05) is 37.8 Å². The molecular formula is C16H27N3O. The van der Waals surface area contributed by atoms with Crippen LogP contribution in [0.4, 0.5) is 0 Å². The van der Waals surface area contributed by atoms with Gasteiger partial charge in [0.15, 0.2) is 0 Å². The third kappa shape index (κ3) is 3.84. The van der Waals surface area contributed by atoms with Crippen LogP contribution in [-0.4, -0.2) is 55.1 Å². The molecule has 112 valence electrons. The molecular weight excluding hydrogens is 250 g/mol. The van der Waals surface area contributed by atoms with Crippen LogP contribution in [0.15, 0.2) is 23.0 Å². The summed E-state index contributed by atoms with van der Waals surface area (Å²) in [5.41, 5.74) is 1.23. The highest BCUT2D eigenvalue weighted by Gasteiger charge is 2.27.